The summed E-state index contributed by atoms with van der Waals surface area (Å²) in [5.74, 6) is 1.03. The van der Waals surface area contributed by atoms with Gasteiger partial charge in [0.2, 0.25) is 0 Å². The Morgan fingerprint density at radius 3 is 2.60 bits per heavy atom. The van der Waals surface area contributed by atoms with Gasteiger partial charge in [-0.05, 0) is 38.1 Å². The molecule has 0 radical (unpaired) electrons. The van der Waals surface area contributed by atoms with Gasteiger partial charge in [-0.25, -0.2) is 9.97 Å². The van der Waals surface area contributed by atoms with E-state index in [1.54, 1.807) is 6.20 Å². The number of nitrogens with zero attached hydrogens (tertiary/aromatic N) is 3. The lowest BCUT2D eigenvalue weighted by atomic mass is 10.0. The highest BCUT2D eigenvalue weighted by molar-refractivity contribution is 5.95. The van der Waals surface area contributed by atoms with Crippen molar-refractivity contribution in [2.75, 3.05) is 24.5 Å². The van der Waals surface area contributed by atoms with Crippen LogP contribution in [-0.2, 0) is 0 Å². The van der Waals surface area contributed by atoms with Crippen molar-refractivity contribution in [3.05, 3.63) is 18.1 Å². The van der Waals surface area contributed by atoms with Crippen LogP contribution in [0.25, 0.3) is 0 Å². The summed E-state index contributed by atoms with van der Waals surface area (Å²) in [5, 5.41) is 3.64. The number of aromatic nitrogens is 2. The van der Waals surface area contributed by atoms with Crippen LogP contribution in [0.2, 0.25) is 0 Å². The predicted molar refractivity (Wildman–Crippen MR) is 76.5 cm³/mol. The minimum atomic E-state index is -0.512. The van der Waals surface area contributed by atoms with Gasteiger partial charge in [0, 0.05) is 31.5 Å². The Kier molecular flexibility index (Phi) is 3.82. The number of rotatable bonds is 5. The maximum absolute atomic E-state index is 11.4. The first-order valence-electron chi connectivity index (χ1n) is 7.33. The van der Waals surface area contributed by atoms with Crippen LogP contribution in [-0.4, -0.2) is 41.6 Å². The zero-order chi connectivity index (χ0) is 13.9. The molecule has 20 heavy (non-hydrogen) atoms. The standard InChI is InChI=1S/C14H21N5O/c15-13(20)12-14(17-6-5-16-12)19-7-3-11(4-8-19)18-9-10-1-2-10/h5-6,10-11,18H,1-4,7-9H2,(H2,15,20). The predicted octanol–water partition coefficient (Wildman–Crippen LogP) is 0.544. The fourth-order valence-corrected chi connectivity index (χ4v) is 2.69. The van der Waals surface area contributed by atoms with Gasteiger partial charge in [-0.3, -0.25) is 4.79 Å². The van der Waals surface area contributed by atoms with Crippen LogP contribution in [0.15, 0.2) is 12.4 Å². The third-order valence-corrected chi connectivity index (χ3v) is 4.10. The van der Waals surface area contributed by atoms with Crippen molar-refractivity contribution in [2.45, 2.75) is 31.7 Å². The molecule has 2 fully saturated rings. The molecule has 0 spiro atoms. The number of piperidine rings is 1. The SMILES string of the molecule is NC(=O)c1nccnc1N1CCC(NCC2CC2)CC1. The first-order valence-corrected chi connectivity index (χ1v) is 7.33. The van der Waals surface area contributed by atoms with Crippen molar-refractivity contribution >= 4 is 11.7 Å². The maximum atomic E-state index is 11.4. The van der Waals surface area contributed by atoms with Crippen LogP contribution < -0.4 is 16.0 Å². The van der Waals surface area contributed by atoms with Gasteiger partial charge >= 0.3 is 0 Å². The van der Waals surface area contributed by atoms with E-state index in [-0.39, 0.29) is 5.69 Å². The molecule has 3 N–H and O–H groups in total. The average Bonchev–Trinajstić information content (AvgIpc) is 3.30. The highest BCUT2D eigenvalue weighted by Crippen LogP contribution is 2.28. The molecule has 2 heterocycles. The van der Waals surface area contributed by atoms with Gasteiger partial charge in [0.05, 0.1) is 0 Å². The van der Waals surface area contributed by atoms with Crippen LogP contribution in [0.3, 0.4) is 0 Å². The van der Waals surface area contributed by atoms with Crippen LogP contribution in [0.5, 0.6) is 0 Å². The van der Waals surface area contributed by atoms with Gasteiger partial charge in [0.15, 0.2) is 11.5 Å². The quantitative estimate of drug-likeness (QED) is 0.819. The van der Waals surface area contributed by atoms with Crippen molar-refractivity contribution in [3.63, 3.8) is 0 Å². The fourth-order valence-electron chi connectivity index (χ4n) is 2.69. The molecule has 6 heteroatoms. The summed E-state index contributed by atoms with van der Waals surface area (Å²) in [7, 11) is 0. The van der Waals surface area contributed by atoms with Crippen molar-refractivity contribution in [3.8, 4) is 0 Å². The van der Waals surface area contributed by atoms with E-state index in [2.05, 4.69) is 20.2 Å². The zero-order valence-electron chi connectivity index (χ0n) is 11.6. The molecule has 3 rings (SSSR count). The molecule has 1 amide bonds. The first kappa shape index (κ1) is 13.3. The van der Waals surface area contributed by atoms with Gasteiger partial charge in [0.25, 0.3) is 5.91 Å². The lowest BCUT2D eigenvalue weighted by Gasteiger charge is -2.33. The lowest BCUT2D eigenvalue weighted by molar-refractivity contribution is 0.0995. The van der Waals surface area contributed by atoms with Gasteiger partial charge < -0.3 is 16.0 Å². The molecular formula is C14H21N5O. The van der Waals surface area contributed by atoms with Crippen molar-refractivity contribution in [1.29, 1.82) is 0 Å². The number of nitrogens with two attached hydrogens (primary N) is 1. The second-order valence-corrected chi connectivity index (χ2v) is 5.71. The smallest absolute Gasteiger partial charge is 0.271 e. The summed E-state index contributed by atoms with van der Waals surface area (Å²) >= 11 is 0. The number of carbonyl (C=O) groups is 1. The van der Waals surface area contributed by atoms with Crippen LogP contribution in [0.1, 0.15) is 36.2 Å². The Bertz CT molecular complexity index is 480. The summed E-state index contributed by atoms with van der Waals surface area (Å²) in [6.07, 6.45) is 8.02. The highest BCUT2D eigenvalue weighted by Gasteiger charge is 2.26. The number of amides is 1. The molecule has 1 saturated carbocycles. The van der Waals surface area contributed by atoms with E-state index < -0.39 is 5.91 Å². The van der Waals surface area contributed by atoms with E-state index in [0.29, 0.717) is 11.9 Å². The number of primary amides is 1. The second kappa shape index (κ2) is 5.75. The summed E-state index contributed by atoms with van der Waals surface area (Å²) in [5.41, 5.74) is 5.63. The van der Waals surface area contributed by atoms with Gasteiger partial charge in [-0.1, -0.05) is 0 Å². The van der Waals surface area contributed by atoms with Crippen LogP contribution in [0, 0.1) is 5.92 Å². The average molecular weight is 275 g/mol. The van der Waals surface area contributed by atoms with Crippen molar-refractivity contribution in [2.24, 2.45) is 11.7 Å². The van der Waals surface area contributed by atoms with E-state index in [1.807, 2.05) is 0 Å². The maximum Gasteiger partial charge on any atom is 0.271 e. The molecule has 0 atom stereocenters. The molecule has 1 aliphatic carbocycles. The minimum Gasteiger partial charge on any atom is -0.364 e. The molecule has 108 valence electrons. The van der Waals surface area contributed by atoms with Crippen molar-refractivity contribution in [1.82, 2.24) is 15.3 Å². The van der Waals surface area contributed by atoms with E-state index in [9.17, 15) is 4.79 Å². The van der Waals surface area contributed by atoms with E-state index in [4.69, 9.17) is 5.73 Å². The van der Waals surface area contributed by atoms with Crippen LogP contribution in [0.4, 0.5) is 5.82 Å². The molecule has 1 saturated heterocycles. The van der Waals surface area contributed by atoms with Gasteiger partial charge in [-0.2, -0.15) is 0 Å². The summed E-state index contributed by atoms with van der Waals surface area (Å²) in [6, 6.07) is 0.584. The number of hydrogen-bond acceptors (Lipinski definition) is 5. The number of anilines is 1. The number of carbonyl (C=O) groups excluding carboxylic acids is 1. The zero-order valence-corrected chi connectivity index (χ0v) is 11.6. The normalized spacial score (nSPS) is 20.1. The van der Waals surface area contributed by atoms with Crippen molar-refractivity contribution < 1.29 is 4.79 Å². The summed E-state index contributed by atoms with van der Waals surface area (Å²) < 4.78 is 0. The van der Waals surface area contributed by atoms with Crippen LogP contribution >= 0.6 is 0 Å². The lowest BCUT2D eigenvalue weighted by Crippen LogP contribution is -2.44. The number of hydrogen-bond donors (Lipinski definition) is 2. The largest absolute Gasteiger partial charge is 0.364 e. The van der Waals surface area contributed by atoms with Gasteiger partial charge in [-0.15, -0.1) is 0 Å². The molecule has 0 unspecified atom stereocenters. The molecule has 0 bridgehead atoms. The topological polar surface area (TPSA) is 84.1 Å². The van der Waals surface area contributed by atoms with E-state index >= 15 is 0 Å². The monoisotopic (exact) mass is 275 g/mol. The first-order chi connectivity index (χ1) is 9.74. The Hall–Kier alpha value is -1.69. The Balaban J connectivity index is 1.58. The summed E-state index contributed by atoms with van der Waals surface area (Å²) in [6.45, 7) is 2.94. The Labute approximate surface area is 118 Å². The second-order valence-electron chi connectivity index (χ2n) is 5.71. The van der Waals surface area contributed by atoms with E-state index in [1.165, 1.54) is 19.0 Å². The molecular weight excluding hydrogens is 254 g/mol. The highest BCUT2D eigenvalue weighted by atomic mass is 16.1. The molecule has 1 aromatic rings. The molecule has 0 aromatic carbocycles. The Morgan fingerprint density at radius 1 is 1.25 bits per heavy atom. The third-order valence-electron chi connectivity index (χ3n) is 4.10. The molecule has 6 nitrogen and oxygen atoms in total. The molecule has 2 aliphatic rings. The van der Waals surface area contributed by atoms with Gasteiger partial charge in [0.1, 0.15) is 0 Å². The third kappa shape index (κ3) is 3.07. The number of nitrogens with one attached hydrogen (secondary N) is 1. The fraction of sp³-hybridized carbons (Fsp3) is 0.643. The summed E-state index contributed by atoms with van der Waals surface area (Å²) in [4.78, 5) is 21.8. The minimum absolute atomic E-state index is 0.275. The molecule has 1 aliphatic heterocycles. The molecule has 1 aromatic heterocycles. The Morgan fingerprint density at radius 2 is 1.95 bits per heavy atom. The van der Waals surface area contributed by atoms with E-state index in [0.717, 1.165) is 38.4 Å².